The lowest BCUT2D eigenvalue weighted by Gasteiger charge is -2.26. The molecule has 0 aliphatic carbocycles. The van der Waals surface area contributed by atoms with Crippen molar-refractivity contribution in [2.45, 2.75) is 66.1 Å². The van der Waals surface area contributed by atoms with E-state index in [-0.39, 0.29) is 11.5 Å². The second-order valence-electron chi connectivity index (χ2n) is 7.98. The van der Waals surface area contributed by atoms with Crippen molar-refractivity contribution in [2.24, 2.45) is 5.92 Å². The molecule has 0 heterocycles. The Balaban J connectivity index is 2.14. The van der Waals surface area contributed by atoms with E-state index in [1.807, 2.05) is 0 Å². The largest absolute Gasteiger partial charge is 0.374 e. The Bertz CT molecular complexity index is 618. The maximum absolute atomic E-state index is 5.68. The molecule has 2 aromatic rings. The Labute approximate surface area is 148 Å². The normalized spacial score (nSPS) is 12.2. The van der Waals surface area contributed by atoms with Gasteiger partial charge in [0.1, 0.15) is 0 Å². The minimum atomic E-state index is 0.00773. The Morgan fingerprint density at radius 1 is 0.750 bits per heavy atom. The Morgan fingerprint density at radius 2 is 1.21 bits per heavy atom. The molecule has 2 aromatic carbocycles. The van der Waals surface area contributed by atoms with E-state index in [0.29, 0.717) is 12.5 Å². The maximum Gasteiger partial charge on any atom is 0.0720 e. The summed E-state index contributed by atoms with van der Waals surface area (Å²) >= 11 is 0. The van der Waals surface area contributed by atoms with Crippen molar-refractivity contribution in [1.29, 1.82) is 0 Å². The van der Waals surface area contributed by atoms with Crippen LogP contribution in [0.1, 0.15) is 63.8 Å². The standard InChI is InChI=1S/C23H32O/c1-17(2)15-19-7-11-21(12-8-19)23(5,6)22-13-9-20(10-14-22)16-24-18(3)4/h7-14,17-18H,15-16H2,1-6H3. The van der Waals surface area contributed by atoms with E-state index >= 15 is 0 Å². The zero-order valence-electron chi connectivity index (χ0n) is 16.1. The maximum atomic E-state index is 5.68. The first-order valence-electron chi connectivity index (χ1n) is 9.09. The first kappa shape index (κ1) is 18.7. The fourth-order valence-electron chi connectivity index (χ4n) is 2.98. The molecular weight excluding hydrogens is 292 g/mol. The van der Waals surface area contributed by atoms with Crippen LogP contribution < -0.4 is 0 Å². The molecule has 0 bridgehead atoms. The van der Waals surface area contributed by atoms with Gasteiger partial charge in [-0.25, -0.2) is 0 Å². The molecular formula is C23H32O. The average Bonchev–Trinajstić information content (AvgIpc) is 2.53. The van der Waals surface area contributed by atoms with Crippen LogP contribution in [0.15, 0.2) is 48.5 Å². The third kappa shape index (κ3) is 4.95. The van der Waals surface area contributed by atoms with Crippen molar-refractivity contribution in [2.75, 3.05) is 0 Å². The molecule has 0 fully saturated rings. The highest BCUT2D eigenvalue weighted by molar-refractivity contribution is 5.39. The van der Waals surface area contributed by atoms with Crippen LogP contribution in [-0.4, -0.2) is 6.10 Å². The number of ether oxygens (including phenoxy) is 1. The van der Waals surface area contributed by atoms with Gasteiger partial charge < -0.3 is 4.74 Å². The molecule has 0 saturated carbocycles. The summed E-state index contributed by atoms with van der Waals surface area (Å²) < 4.78 is 5.68. The van der Waals surface area contributed by atoms with E-state index in [1.165, 1.54) is 22.3 Å². The average molecular weight is 325 g/mol. The Hall–Kier alpha value is -1.60. The predicted octanol–water partition coefficient (Wildman–Crippen LogP) is 6.14. The topological polar surface area (TPSA) is 9.23 Å². The quantitative estimate of drug-likeness (QED) is 0.594. The van der Waals surface area contributed by atoms with Crippen LogP contribution in [0.3, 0.4) is 0 Å². The molecule has 0 N–H and O–H groups in total. The lowest BCUT2D eigenvalue weighted by Crippen LogP contribution is -2.19. The Morgan fingerprint density at radius 3 is 1.62 bits per heavy atom. The number of benzene rings is 2. The van der Waals surface area contributed by atoms with Crippen LogP contribution in [0.25, 0.3) is 0 Å². The van der Waals surface area contributed by atoms with E-state index in [2.05, 4.69) is 90.1 Å². The lowest BCUT2D eigenvalue weighted by molar-refractivity contribution is 0.0657. The monoisotopic (exact) mass is 324 g/mol. The van der Waals surface area contributed by atoms with Crippen LogP contribution >= 0.6 is 0 Å². The van der Waals surface area contributed by atoms with Gasteiger partial charge in [0.15, 0.2) is 0 Å². The van der Waals surface area contributed by atoms with Gasteiger partial charge in [0.25, 0.3) is 0 Å². The van der Waals surface area contributed by atoms with Gasteiger partial charge in [-0.2, -0.15) is 0 Å². The second-order valence-corrected chi connectivity index (χ2v) is 7.98. The van der Waals surface area contributed by atoms with Crippen molar-refractivity contribution in [3.63, 3.8) is 0 Å². The highest BCUT2D eigenvalue weighted by atomic mass is 16.5. The van der Waals surface area contributed by atoms with Gasteiger partial charge in [0, 0.05) is 5.41 Å². The summed E-state index contributed by atoms with van der Waals surface area (Å²) in [4.78, 5) is 0. The first-order chi connectivity index (χ1) is 11.3. The van der Waals surface area contributed by atoms with E-state index < -0.39 is 0 Å². The summed E-state index contributed by atoms with van der Waals surface area (Å²) in [5.41, 5.74) is 5.36. The number of hydrogen-bond donors (Lipinski definition) is 0. The third-order valence-electron chi connectivity index (χ3n) is 4.58. The smallest absolute Gasteiger partial charge is 0.0720 e. The van der Waals surface area contributed by atoms with Gasteiger partial charge in [0.05, 0.1) is 12.7 Å². The van der Waals surface area contributed by atoms with E-state index in [1.54, 1.807) is 0 Å². The first-order valence-corrected chi connectivity index (χ1v) is 9.09. The highest BCUT2D eigenvalue weighted by Gasteiger charge is 2.22. The molecule has 0 spiro atoms. The predicted molar refractivity (Wildman–Crippen MR) is 103 cm³/mol. The van der Waals surface area contributed by atoms with Gasteiger partial charge >= 0.3 is 0 Å². The Kier molecular flexibility index (Phi) is 6.23. The van der Waals surface area contributed by atoms with Gasteiger partial charge in [-0.1, -0.05) is 76.2 Å². The van der Waals surface area contributed by atoms with Crippen LogP contribution in [0.5, 0.6) is 0 Å². The van der Waals surface area contributed by atoms with Crippen LogP contribution in [0.2, 0.25) is 0 Å². The molecule has 0 aliphatic rings. The van der Waals surface area contributed by atoms with Crippen LogP contribution in [0.4, 0.5) is 0 Å². The van der Waals surface area contributed by atoms with Crippen LogP contribution in [0, 0.1) is 5.92 Å². The van der Waals surface area contributed by atoms with Crippen molar-refractivity contribution >= 4 is 0 Å². The zero-order chi connectivity index (χ0) is 17.7. The van der Waals surface area contributed by atoms with E-state index in [4.69, 9.17) is 4.74 Å². The van der Waals surface area contributed by atoms with E-state index in [0.717, 1.165) is 6.42 Å². The second kappa shape index (κ2) is 7.98. The minimum absolute atomic E-state index is 0.00773. The fraction of sp³-hybridized carbons (Fsp3) is 0.478. The van der Waals surface area contributed by atoms with Gasteiger partial charge in [-0.3, -0.25) is 0 Å². The molecule has 2 rings (SSSR count). The van der Waals surface area contributed by atoms with Crippen LogP contribution in [-0.2, 0) is 23.2 Å². The van der Waals surface area contributed by atoms with Crippen molar-refractivity contribution in [3.05, 3.63) is 70.8 Å². The lowest BCUT2D eigenvalue weighted by atomic mass is 9.77. The minimum Gasteiger partial charge on any atom is -0.374 e. The number of hydrogen-bond acceptors (Lipinski definition) is 1. The van der Waals surface area contributed by atoms with Crippen molar-refractivity contribution in [3.8, 4) is 0 Å². The molecule has 1 heteroatoms. The molecule has 0 aliphatic heterocycles. The molecule has 24 heavy (non-hydrogen) atoms. The molecule has 0 amide bonds. The van der Waals surface area contributed by atoms with Gasteiger partial charge in [0.2, 0.25) is 0 Å². The summed E-state index contributed by atoms with van der Waals surface area (Å²) in [6.07, 6.45) is 1.41. The summed E-state index contributed by atoms with van der Waals surface area (Å²) in [5, 5.41) is 0. The molecule has 1 nitrogen and oxygen atoms in total. The molecule has 0 saturated heterocycles. The summed E-state index contributed by atoms with van der Waals surface area (Å²) in [6, 6.07) is 18.0. The summed E-state index contributed by atoms with van der Waals surface area (Å²) in [6.45, 7) is 13.9. The molecule has 0 atom stereocenters. The highest BCUT2D eigenvalue weighted by Crippen LogP contribution is 2.32. The molecule has 0 unspecified atom stereocenters. The molecule has 0 aromatic heterocycles. The van der Waals surface area contributed by atoms with Gasteiger partial charge in [-0.15, -0.1) is 0 Å². The molecule has 130 valence electrons. The summed E-state index contributed by atoms with van der Waals surface area (Å²) in [7, 11) is 0. The number of rotatable bonds is 7. The molecule has 0 radical (unpaired) electrons. The van der Waals surface area contributed by atoms with Crippen molar-refractivity contribution in [1.82, 2.24) is 0 Å². The summed E-state index contributed by atoms with van der Waals surface area (Å²) in [5.74, 6) is 0.699. The zero-order valence-corrected chi connectivity index (χ0v) is 16.1. The van der Waals surface area contributed by atoms with Gasteiger partial charge in [-0.05, 0) is 48.4 Å². The third-order valence-corrected chi connectivity index (χ3v) is 4.58. The fourth-order valence-corrected chi connectivity index (χ4v) is 2.98. The van der Waals surface area contributed by atoms with Crippen molar-refractivity contribution < 1.29 is 4.74 Å². The SMILES string of the molecule is CC(C)Cc1ccc(C(C)(C)c2ccc(COC(C)C)cc2)cc1. The van der Waals surface area contributed by atoms with E-state index in [9.17, 15) is 0 Å².